The highest BCUT2D eigenvalue weighted by atomic mass is 16.5. The molecule has 0 bridgehead atoms. The van der Waals surface area contributed by atoms with Gasteiger partial charge in [0.05, 0.1) is 18.8 Å². The van der Waals surface area contributed by atoms with Crippen LogP contribution < -0.4 is 10.1 Å². The predicted octanol–water partition coefficient (Wildman–Crippen LogP) is 1.83. The van der Waals surface area contributed by atoms with Crippen LogP contribution in [0.2, 0.25) is 0 Å². The Bertz CT molecular complexity index is 390. The van der Waals surface area contributed by atoms with E-state index in [0.717, 1.165) is 0 Å². The smallest absolute Gasteiger partial charge is 0.255 e. The van der Waals surface area contributed by atoms with E-state index in [2.05, 4.69) is 5.32 Å². The number of benzene rings is 1. The van der Waals surface area contributed by atoms with Gasteiger partial charge in [-0.3, -0.25) is 4.79 Å². The largest absolute Gasteiger partial charge is 0.496 e. The quantitative estimate of drug-likeness (QED) is 0.811. The molecule has 0 saturated carbocycles. The van der Waals surface area contributed by atoms with Gasteiger partial charge in [0.1, 0.15) is 5.75 Å². The molecular weight excluding hydrogens is 230 g/mol. The molecule has 2 N–H and O–H groups in total. The fourth-order valence-corrected chi connectivity index (χ4v) is 1.86. The number of amides is 1. The minimum absolute atomic E-state index is 0.148. The molecule has 4 heteroatoms. The van der Waals surface area contributed by atoms with E-state index in [9.17, 15) is 9.90 Å². The lowest BCUT2D eigenvalue weighted by atomic mass is 10.0. The van der Waals surface area contributed by atoms with Gasteiger partial charge in [0.25, 0.3) is 5.91 Å². The normalized spacial score (nSPS) is 13.8. The maximum Gasteiger partial charge on any atom is 0.255 e. The Morgan fingerprint density at radius 3 is 2.67 bits per heavy atom. The maximum atomic E-state index is 12.0. The summed E-state index contributed by atoms with van der Waals surface area (Å²) in [5.41, 5.74) is 0.532. The van der Waals surface area contributed by atoms with E-state index in [1.807, 2.05) is 13.0 Å². The molecule has 1 aromatic rings. The van der Waals surface area contributed by atoms with Gasteiger partial charge in [-0.05, 0) is 31.4 Å². The van der Waals surface area contributed by atoms with Crippen molar-refractivity contribution in [3.63, 3.8) is 0 Å². The van der Waals surface area contributed by atoms with Crippen LogP contribution >= 0.6 is 0 Å². The molecule has 0 heterocycles. The van der Waals surface area contributed by atoms with Crippen molar-refractivity contribution in [1.82, 2.24) is 5.32 Å². The number of hydrogen-bond acceptors (Lipinski definition) is 3. The molecule has 0 aromatic heterocycles. The van der Waals surface area contributed by atoms with Gasteiger partial charge >= 0.3 is 0 Å². The number of hydrogen-bond donors (Lipinski definition) is 2. The van der Waals surface area contributed by atoms with Crippen LogP contribution in [0.5, 0.6) is 5.75 Å². The molecule has 1 rings (SSSR count). The topological polar surface area (TPSA) is 58.6 Å². The summed E-state index contributed by atoms with van der Waals surface area (Å²) in [6.45, 7) is 4.29. The Balaban J connectivity index is 2.55. The number of aliphatic hydroxyl groups is 1. The lowest BCUT2D eigenvalue weighted by molar-refractivity contribution is 0.0936. The first-order valence-electron chi connectivity index (χ1n) is 6.14. The highest BCUT2D eigenvalue weighted by Gasteiger charge is 2.13. The van der Waals surface area contributed by atoms with E-state index in [1.165, 1.54) is 0 Å². The molecule has 0 aliphatic carbocycles. The van der Waals surface area contributed by atoms with Gasteiger partial charge in [-0.1, -0.05) is 19.1 Å². The molecule has 0 fully saturated rings. The van der Waals surface area contributed by atoms with Crippen molar-refractivity contribution >= 4 is 5.91 Å². The summed E-state index contributed by atoms with van der Waals surface area (Å²) >= 11 is 0. The zero-order valence-electron chi connectivity index (χ0n) is 11.1. The molecular formula is C14H21NO3. The molecule has 1 amide bonds. The summed E-state index contributed by atoms with van der Waals surface area (Å²) in [5.74, 6) is 0.659. The summed E-state index contributed by atoms with van der Waals surface area (Å²) in [5, 5.41) is 12.1. The third-order valence-electron chi connectivity index (χ3n) is 2.71. The SMILES string of the molecule is COc1ccccc1C(=O)NCC(C)CC(C)O. The molecule has 100 valence electrons. The summed E-state index contributed by atoms with van der Waals surface area (Å²) in [6.07, 6.45) is 0.329. The Hall–Kier alpha value is -1.55. The predicted molar refractivity (Wildman–Crippen MR) is 70.8 cm³/mol. The van der Waals surface area contributed by atoms with E-state index >= 15 is 0 Å². The molecule has 0 aliphatic rings. The summed E-state index contributed by atoms with van der Waals surface area (Å²) in [4.78, 5) is 12.0. The standard InChI is InChI=1S/C14H21NO3/c1-10(8-11(2)16)9-15-14(17)12-6-4-5-7-13(12)18-3/h4-7,10-11,16H,8-9H2,1-3H3,(H,15,17). The molecule has 1 aromatic carbocycles. The molecule has 4 nitrogen and oxygen atoms in total. The summed E-state index contributed by atoms with van der Waals surface area (Å²) < 4.78 is 5.14. The van der Waals surface area contributed by atoms with E-state index in [0.29, 0.717) is 24.3 Å². The van der Waals surface area contributed by atoms with Crippen molar-refractivity contribution < 1.29 is 14.6 Å². The molecule has 0 aliphatic heterocycles. The minimum atomic E-state index is -0.344. The zero-order valence-corrected chi connectivity index (χ0v) is 11.1. The first-order chi connectivity index (χ1) is 8.54. The number of methoxy groups -OCH3 is 1. The monoisotopic (exact) mass is 251 g/mol. The Labute approximate surface area is 108 Å². The van der Waals surface area contributed by atoms with Gasteiger partial charge < -0.3 is 15.2 Å². The number of aliphatic hydroxyl groups excluding tert-OH is 1. The van der Waals surface area contributed by atoms with Crippen molar-refractivity contribution in [2.24, 2.45) is 5.92 Å². The molecule has 2 atom stereocenters. The highest BCUT2D eigenvalue weighted by Crippen LogP contribution is 2.17. The van der Waals surface area contributed by atoms with Crippen molar-refractivity contribution in [2.75, 3.05) is 13.7 Å². The first-order valence-corrected chi connectivity index (χ1v) is 6.14. The van der Waals surface area contributed by atoms with E-state index < -0.39 is 0 Å². The number of para-hydroxylation sites is 1. The van der Waals surface area contributed by atoms with Crippen LogP contribution in [0.3, 0.4) is 0 Å². The van der Waals surface area contributed by atoms with E-state index in [-0.39, 0.29) is 17.9 Å². The van der Waals surface area contributed by atoms with Crippen LogP contribution in [0.4, 0.5) is 0 Å². The Kier molecular flexibility index (Phi) is 5.65. The number of carbonyl (C=O) groups is 1. The number of rotatable bonds is 6. The Morgan fingerprint density at radius 2 is 2.06 bits per heavy atom. The molecule has 0 radical (unpaired) electrons. The van der Waals surface area contributed by atoms with Crippen molar-refractivity contribution in [1.29, 1.82) is 0 Å². The van der Waals surface area contributed by atoms with Gasteiger partial charge in [-0.2, -0.15) is 0 Å². The van der Waals surface area contributed by atoms with Gasteiger partial charge in [0.15, 0.2) is 0 Å². The van der Waals surface area contributed by atoms with Gasteiger partial charge in [-0.15, -0.1) is 0 Å². The van der Waals surface area contributed by atoms with Crippen LogP contribution in [-0.4, -0.2) is 30.8 Å². The van der Waals surface area contributed by atoms with Crippen LogP contribution in [0.15, 0.2) is 24.3 Å². The molecule has 0 saturated heterocycles. The molecule has 18 heavy (non-hydrogen) atoms. The second kappa shape index (κ2) is 7.01. The highest BCUT2D eigenvalue weighted by molar-refractivity contribution is 5.96. The third kappa shape index (κ3) is 4.37. The average Bonchev–Trinajstić information content (AvgIpc) is 2.35. The van der Waals surface area contributed by atoms with Crippen molar-refractivity contribution in [3.05, 3.63) is 29.8 Å². The third-order valence-corrected chi connectivity index (χ3v) is 2.71. The fraction of sp³-hybridized carbons (Fsp3) is 0.500. The lowest BCUT2D eigenvalue weighted by Gasteiger charge is -2.15. The second-order valence-electron chi connectivity index (χ2n) is 4.60. The second-order valence-corrected chi connectivity index (χ2v) is 4.60. The minimum Gasteiger partial charge on any atom is -0.496 e. The van der Waals surface area contributed by atoms with Crippen LogP contribution in [0, 0.1) is 5.92 Å². The maximum absolute atomic E-state index is 12.0. The summed E-state index contributed by atoms with van der Waals surface area (Å²) in [6, 6.07) is 7.12. The molecule has 0 spiro atoms. The van der Waals surface area contributed by atoms with Gasteiger partial charge in [0, 0.05) is 6.54 Å². The lowest BCUT2D eigenvalue weighted by Crippen LogP contribution is -2.29. The van der Waals surface area contributed by atoms with Crippen molar-refractivity contribution in [3.8, 4) is 5.75 Å². The Morgan fingerprint density at radius 1 is 1.39 bits per heavy atom. The van der Waals surface area contributed by atoms with Crippen LogP contribution in [0.25, 0.3) is 0 Å². The van der Waals surface area contributed by atoms with Crippen LogP contribution in [-0.2, 0) is 0 Å². The molecule has 2 unspecified atom stereocenters. The van der Waals surface area contributed by atoms with Crippen molar-refractivity contribution in [2.45, 2.75) is 26.4 Å². The average molecular weight is 251 g/mol. The summed E-state index contributed by atoms with van der Waals surface area (Å²) in [7, 11) is 1.54. The fourth-order valence-electron chi connectivity index (χ4n) is 1.86. The first kappa shape index (κ1) is 14.5. The van der Waals surface area contributed by atoms with E-state index in [4.69, 9.17) is 4.74 Å². The zero-order chi connectivity index (χ0) is 13.5. The number of ether oxygens (including phenoxy) is 1. The van der Waals surface area contributed by atoms with Crippen LogP contribution in [0.1, 0.15) is 30.6 Å². The number of nitrogens with one attached hydrogen (secondary N) is 1. The number of carbonyl (C=O) groups excluding carboxylic acids is 1. The van der Waals surface area contributed by atoms with Gasteiger partial charge in [0.2, 0.25) is 0 Å². The van der Waals surface area contributed by atoms with E-state index in [1.54, 1.807) is 32.2 Å². The van der Waals surface area contributed by atoms with Gasteiger partial charge in [-0.25, -0.2) is 0 Å².